The maximum absolute atomic E-state index is 8.48. The maximum Gasteiger partial charge on any atom is 0.292 e. The molecule has 1 aliphatic heterocycles. The monoisotopic (exact) mass is 379 g/mol. The predicted molar refractivity (Wildman–Crippen MR) is 109 cm³/mol. The molecule has 1 aliphatic rings. The number of likely N-dealkylation sites (N-methyl/N-ethyl adjacent to an activating group) is 1. The molecule has 3 aromatic rings. The van der Waals surface area contributed by atoms with Crippen molar-refractivity contribution in [2.24, 2.45) is 0 Å². The van der Waals surface area contributed by atoms with Crippen molar-refractivity contribution in [2.45, 2.75) is 6.42 Å². The lowest BCUT2D eigenvalue weighted by molar-refractivity contribution is 0.157. The van der Waals surface area contributed by atoms with Gasteiger partial charge in [-0.3, -0.25) is 15.4 Å². The zero-order valence-electron chi connectivity index (χ0n) is 16.0. The Labute approximate surface area is 163 Å². The van der Waals surface area contributed by atoms with Crippen LogP contribution >= 0.6 is 0 Å². The van der Waals surface area contributed by atoms with Crippen molar-refractivity contribution < 1.29 is 4.42 Å². The fourth-order valence-electron chi connectivity index (χ4n) is 3.47. The number of hydrogen-bond donors (Lipinski definition) is 3. The summed E-state index contributed by atoms with van der Waals surface area (Å²) in [5.74, 6) is 0.427. The highest BCUT2D eigenvalue weighted by Gasteiger charge is 2.14. The van der Waals surface area contributed by atoms with Gasteiger partial charge in [-0.2, -0.15) is 4.98 Å². The molecule has 0 aliphatic carbocycles. The molecule has 0 atom stereocenters. The van der Waals surface area contributed by atoms with Crippen LogP contribution < -0.4 is 11.2 Å². The molecule has 0 radical (unpaired) electrons. The van der Waals surface area contributed by atoms with E-state index in [0.717, 1.165) is 43.9 Å². The van der Waals surface area contributed by atoms with Gasteiger partial charge in [-0.25, -0.2) is 0 Å². The second kappa shape index (κ2) is 7.57. The fraction of sp³-hybridized carbons (Fsp3) is 0.350. The molecule has 4 N–H and O–H groups in total. The zero-order valence-corrected chi connectivity index (χ0v) is 16.0. The summed E-state index contributed by atoms with van der Waals surface area (Å²) in [5.41, 5.74) is 9.12. The van der Waals surface area contributed by atoms with Gasteiger partial charge in [0.2, 0.25) is 0 Å². The van der Waals surface area contributed by atoms with E-state index in [1.165, 1.54) is 0 Å². The van der Waals surface area contributed by atoms with Gasteiger partial charge in [-0.15, -0.1) is 0 Å². The number of pyridine rings is 1. The van der Waals surface area contributed by atoms with Gasteiger partial charge < -0.3 is 20.0 Å². The van der Waals surface area contributed by atoms with E-state index in [0.29, 0.717) is 28.8 Å². The Hall–Kier alpha value is -2.97. The van der Waals surface area contributed by atoms with Gasteiger partial charge in [-0.05, 0) is 42.4 Å². The van der Waals surface area contributed by atoms with E-state index in [-0.39, 0.29) is 6.01 Å². The summed E-state index contributed by atoms with van der Waals surface area (Å²) >= 11 is 0. The minimum Gasteiger partial charge on any atom is -0.424 e. The summed E-state index contributed by atoms with van der Waals surface area (Å²) in [6.07, 6.45) is 2.46. The first-order valence-corrected chi connectivity index (χ1v) is 9.42. The van der Waals surface area contributed by atoms with Crippen molar-refractivity contribution in [2.75, 3.05) is 45.5 Å². The van der Waals surface area contributed by atoms with Crippen LogP contribution in [-0.2, 0) is 0 Å². The van der Waals surface area contributed by atoms with E-state index in [1.54, 1.807) is 10.6 Å². The number of oxazole rings is 1. The van der Waals surface area contributed by atoms with Gasteiger partial charge in [0.25, 0.3) is 6.01 Å². The van der Waals surface area contributed by atoms with Gasteiger partial charge in [0.05, 0.1) is 0 Å². The van der Waals surface area contributed by atoms with E-state index in [9.17, 15) is 0 Å². The number of nitrogens with one attached hydrogen (secondary N) is 2. The molecule has 1 aromatic carbocycles. The van der Waals surface area contributed by atoms with Crippen LogP contribution in [0, 0.1) is 10.8 Å². The summed E-state index contributed by atoms with van der Waals surface area (Å²) < 4.78 is 7.06. The zero-order chi connectivity index (χ0) is 19.7. The first-order chi connectivity index (χ1) is 13.5. The number of fused-ring (bicyclic) bond motifs is 1. The van der Waals surface area contributed by atoms with Crippen LogP contribution in [0.25, 0.3) is 22.2 Å². The Morgan fingerprint density at radius 1 is 1.14 bits per heavy atom. The summed E-state index contributed by atoms with van der Waals surface area (Å²) in [4.78, 5) is 8.82. The minimum absolute atomic E-state index is 0.148. The van der Waals surface area contributed by atoms with Gasteiger partial charge in [-0.1, -0.05) is 6.07 Å². The summed E-state index contributed by atoms with van der Waals surface area (Å²) in [5, 5.41) is 16.7. The van der Waals surface area contributed by atoms with Crippen molar-refractivity contribution in [1.29, 1.82) is 10.8 Å². The molecule has 8 nitrogen and oxygen atoms in total. The SMILES string of the molecule is CN1CCN(CCC(=N)n2cc(-c3ccc4nc(N)oc4c3)ccc2=N)CC1. The average molecular weight is 379 g/mol. The highest BCUT2D eigenvalue weighted by atomic mass is 16.4. The van der Waals surface area contributed by atoms with Crippen LogP contribution in [0.15, 0.2) is 40.9 Å². The van der Waals surface area contributed by atoms with Crippen LogP contribution in [0.2, 0.25) is 0 Å². The number of nitrogens with two attached hydrogens (primary N) is 1. The number of piperazine rings is 1. The number of aromatic nitrogens is 2. The lowest BCUT2D eigenvalue weighted by Crippen LogP contribution is -2.45. The third-order valence-corrected chi connectivity index (χ3v) is 5.24. The summed E-state index contributed by atoms with van der Waals surface area (Å²) in [7, 11) is 2.14. The first-order valence-electron chi connectivity index (χ1n) is 9.42. The van der Waals surface area contributed by atoms with Crippen LogP contribution in [0.1, 0.15) is 6.42 Å². The molecule has 1 fully saturated rings. The van der Waals surface area contributed by atoms with Crippen LogP contribution in [0.3, 0.4) is 0 Å². The molecule has 0 bridgehead atoms. The molecule has 3 heterocycles. The minimum atomic E-state index is 0.148. The van der Waals surface area contributed by atoms with Gasteiger partial charge >= 0.3 is 0 Å². The molecule has 146 valence electrons. The predicted octanol–water partition coefficient (Wildman–Crippen LogP) is 1.82. The van der Waals surface area contributed by atoms with E-state index >= 15 is 0 Å². The van der Waals surface area contributed by atoms with Crippen molar-refractivity contribution in [1.82, 2.24) is 19.4 Å². The molecule has 8 heteroatoms. The van der Waals surface area contributed by atoms with Gasteiger partial charge in [0.15, 0.2) is 5.58 Å². The number of nitrogen functional groups attached to an aromatic ring is 1. The number of benzene rings is 1. The molecule has 2 aromatic heterocycles. The number of rotatable bonds is 4. The first kappa shape index (κ1) is 18.4. The molecule has 0 saturated carbocycles. The molecular weight excluding hydrogens is 354 g/mol. The van der Waals surface area contributed by atoms with E-state index in [4.69, 9.17) is 21.0 Å². The third-order valence-electron chi connectivity index (χ3n) is 5.24. The molecular formula is C20H25N7O. The largest absolute Gasteiger partial charge is 0.424 e. The summed E-state index contributed by atoms with van der Waals surface area (Å²) in [6.45, 7) is 5.03. The standard InChI is InChI=1S/C20H25N7O/c1-25-8-10-26(11-9-25)7-6-19(22)27-13-15(3-5-18(27)21)14-2-4-16-17(12-14)28-20(23)24-16/h2-5,12-13,21-22H,6-11H2,1H3,(H2,23,24). The lowest BCUT2D eigenvalue weighted by atomic mass is 10.1. The third kappa shape index (κ3) is 3.83. The van der Waals surface area contributed by atoms with Crippen molar-refractivity contribution in [3.63, 3.8) is 0 Å². The molecule has 1 saturated heterocycles. The Morgan fingerprint density at radius 2 is 1.89 bits per heavy atom. The number of nitrogens with zero attached hydrogens (tertiary/aromatic N) is 4. The topological polar surface area (TPSA) is 111 Å². The van der Waals surface area contributed by atoms with E-state index in [2.05, 4.69) is 21.8 Å². The van der Waals surface area contributed by atoms with Gasteiger partial charge in [0.1, 0.15) is 16.8 Å². The molecule has 0 unspecified atom stereocenters. The second-order valence-corrected chi connectivity index (χ2v) is 7.25. The molecule has 0 spiro atoms. The highest BCUT2D eigenvalue weighted by molar-refractivity contribution is 5.84. The van der Waals surface area contributed by atoms with Crippen molar-refractivity contribution in [3.05, 3.63) is 42.0 Å². The lowest BCUT2D eigenvalue weighted by Gasteiger charge is -2.32. The molecule has 0 amide bonds. The quantitative estimate of drug-likeness (QED) is 0.473. The van der Waals surface area contributed by atoms with Crippen molar-refractivity contribution in [3.8, 4) is 11.1 Å². The fourth-order valence-corrected chi connectivity index (χ4v) is 3.47. The number of anilines is 1. The van der Waals surface area contributed by atoms with Crippen LogP contribution in [-0.4, -0.2) is 65.0 Å². The maximum atomic E-state index is 8.48. The summed E-state index contributed by atoms with van der Waals surface area (Å²) in [6, 6.07) is 9.44. The van der Waals surface area contributed by atoms with Crippen LogP contribution in [0.5, 0.6) is 0 Å². The average Bonchev–Trinajstić information content (AvgIpc) is 3.07. The number of hydrogen-bond acceptors (Lipinski definition) is 7. The molecule has 4 rings (SSSR count). The Kier molecular flexibility index (Phi) is 4.97. The van der Waals surface area contributed by atoms with Crippen LogP contribution in [0.4, 0.5) is 6.01 Å². The highest BCUT2D eigenvalue weighted by Crippen LogP contribution is 2.25. The molecule has 28 heavy (non-hydrogen) atoms. The van der Waals surface area contributed by atoms with E-state index < -0.39 is 0 Å². The van der Waals surface area contributed by atoms with E-state index in [1.807, 2.05) is 30.5 Å². The smallest absolute Gasteiger partial charge is 0.292 e. The Balaban J connectivity index is 1.52. The van der Waals surface area contributed by atoms with Crippen molar-refractivity contribution >= 4 is 22.9 Å². The Morgan fingerprint density at radius 3 is 2.68 bits per heavy atom. The Bertz CT molecular complexity index is 1060. The second-order valence-electron chi connectivity index (χ2n) is 7.25. The van der Waals surface area contributed by atoms with Gasteiger partial charge in [0, 0.05) is 45.3 Å². The normalized spacial score (nSPS) is 15.9.